The van der Waals surface area contributed by atoms with Crippen molar-refractivity contribution >= 4 is 17.5 Å². The number of aromatic amines is 1. The molecule has 0 fully saturated rings. The van der Waals surface area contributed by atoms with E-state index in [2.05, 4.69) is 10.2 Å². The molecular formula is C10H17N5O2. The lowest BCUT2D eigenvalue weighted by atomic mass is 10.3. The van der Waals surface area contributed by atoms with Gasteiger partial charge in [-0.3, -0.25) is 14.7 Å². The highest BCUT2D eigenvalue weighted by molar-refractivity contribution is 5.99. The zero-order chi connectivity index (χ0) is 13.2. The predicted octanol–water partition coefficient (Wildman–Crippen LogP) is -0.539. The van der Waals surface area contributed by atoms with E-state index in [1.807, 2.05) is 0 Å². The standard InChI is InChI=1S/C10H17N5O2/c1-6-8(11)9(13-12-6)10(17)15(4)5-7(16)14(2)3/h5,11H2,1-4H3,(H,12,13). The molecule has 7 nitrogen and oxygen atoms in total. The summed E-state index contributed by atoms with van der Waals surface area (Å²) in [6.07, 6.45) is 0. The van der Waals surface area contributed by atoms with Crippen LogP contribution in [0.4, 0.5) is 5.69 Å². The molecule has 0 atom stereocenters. The largest absolute Gasteiger partial charge is 0.395 e. The molecule has 0 saturated heterocycles. The molecule has 0 radical (unpaired) electrons. The van der Waals surface area contributed by atoms with E-state index in [1.165, 1.54) is 16.8 Å². The van der Waals surface area contributed by atoms with Crippen molar-refractivity contribution in [2.24, 2.45) is 0 Å². The maximum absolute atomic E-state index is 11.9. The summed E-state index contributed by atoms with van der Waals surface area (Å²) in [5, 5.41) is 6.45. The van der Waals surface area contributed by atoms with Gasteiger partial charge in [0.1, 0.15) is 0 Å². The Morgan fingerprint density at radius 1 is 1.35 bits per heavy atom. The zero-order valence-electron chi connectivity index (χ0n) is 10.4. The van der Waals surface area contributed by atoms with Crippen LogP contribution in [0.1, 0.15) is 16.2 Å². The molecule has 0 aliphatic rings. The van der Waals surface area contributed by atoms with Gasteiger partial charge in [0.2, 0.25) is 5.91 Å². The Kier molecular flexibility index (Phi) is 3.72. The molecule has 94 valence electrons. The molecular weight excluding hydrogens is 222 g/mol. The molecule has 0 aliphatic heterocycles. The first-order valence-electron chi connectivity index (χ1n) is 5.10. The fourth-order valence-electron chi connectivity index (χ4n) is 1.20. The van der Waals surface area contributed by atoms with Crippen LogP contribution in [0.3, 0.4) is 0 Å². The molecule has 3 N–H and O–H groups in total. The molecule has 1 aromatic heterocycles. The first kappa shape index (κ1) is 13.0. The van der Waals surface area contributed by atoms with Gasteiger partial charge in [-0.05, 0) is 6.92 Å². The third kappa shape index (κ3) is 2.74. The third-order valence-corrected chi connectivity index (χ3v) is 2.42. The van der Waals surface area contributed by atoms with Gasteiger partial charge in [0.15, 0.2) is 5.69 Å². The Bertz CT molecular complexity index is 438. The number of aromatic nitrogens is 2. The number of carbonyl (C=O) groups is 2. The van der Waals surface area contributed by atoms with Crippen LogP contribution in [-0.2, 0) is 4.79 Å². The molecule has 1 aromatic rings. The fourth-order valence-corrected chi connectivity index (χ4v) is 1.20. The van der Waals surface area contributed by atoms with Crippen molar-refractivity contribution in [1.82, 2.24) is 20.0 Å². The summed E-state index contributed by atoms with van der Waals surface area (Å²) in [6.45, 7) is 1.72. The van der Waals surface area contributed by atoms with E-state index < -0.39 is 0 Å². The number of H-pyrrole nitrogens is 1. The maximum Gasteiger partial charge on any atom is 0.276 e. The van der Waals surface area contributed by atoms with Crippen molar-refractivity contribution in [3.8, 4) is 0 Å². The van der Waals surface area contributed by atoms with Crippen LogP contribution < -0.4 is 5.73 Å². The van der Waals surface area contributed by atoms with Crippen molar-refractivity contribution in [3.05, 3.63) is 11.4 Å². The Balaban J connectivity index is 2.77. The van der Waals surface area contributed by atoms with Crippen LogP contribution in [0, 0.1) is 6.92 Å². The van der Waals surface area contributed by atoms with Gasteiger partial charge in [0.05, 0.1) is 17.9 Å². The van der Waals surface area contributed by atoms with E-state index >= 15 is 0 Å². The van der Waals surface area contributed by atoms with Gasteiger partial charge in [-0.15, -0.1) is 0 Å². The number of hydrogen-bond donors (Lipinski definition) is 2. The van der Waals surface area contributed by atoms with Crippen LogP contribution in [0.15, 0.2) is 0 Å². The molecule has 0 unspecified atom stereocenters. The van der Waals surface area contributed by atoms with Crippen LogP contribution in [-0.4, -0.2) is 59.5 Å². The van der Waals surface area contributed by atoms with E-state index in [4.69, 9.17) is 5.73 Å². The predicted molar refractivity (Wildman–Crippen MR) is 63.4 cm³/mol. The lowest BCUT2D eigenvalue weighted by Gasteiger charge is -2.18. The number of nitrogens with two attached hydrogens (primary N) is 1. The molecule has 0 bridgehead atoms. The number of carbonyl (C=O) groups excluding carboxylic acids is 2. The van der Waals surface area contributed by atoms with Crippen LogP contribution >= 0.6 is 0 Å². The number of nitrogen functional groups attached to an aromatic ring is 1. The van der Waals surface area contributed by atoms with Crippen molar-refractivity contribution in [2.75, 3.05) is 33.4 Å². The number of rotatable bonds is 3. The van der Waals surface area contributed by atoms with Crippen LogP contribution in [0.25, 0.3) is 0 Å². The lowest BCUT2D eigenvalue weighted by molar-refractivity contribution is -0.129. The van der Waals surface area contributed by atoms with E-state index in [0.717, 1.165) is 0 Å². The highest BCUT2D eigenvalue weighted by atomic mass is 16.2. The minimum Gasteiger partial charge on any atom is -0.395 e. The second-order valence-electron chi connectivity index (χ2n) is 4.06. The van der Waals surface area contributed by atoms with Gasteiger partial charge in [0, 0.05) is 21.1 Å². The number of amides is 2. The molecule has 17 heavy (non-hydrogen) atoms. The topological polar surface area (TPSA) is 95.3 Å². The smallest absolute Gasteiger partial charge is 0.276 e. The summed E-state index contributed by atoms with van der Waals surface area (Å²) < 4.78 is 0. The molecule has 7 heteroatoms. The van der Waals surface area contributed by atoms with Gasteiger partial charge < -0.3 is 15.5 Å². The summed E-state index contributed by atoms with van der Waals surface area (Å²) in [7, 11) is 4.80. The minimum atomic E-state index is -0.373. The van der Waals surface area contributed by atoms with Crippen molar-refractivity contribution < 1.29 is 9.59 Å². The highest BCUT2D eigenvalue weighted by Crippen LogP contribution is 2.14. The molecule has 0 aliphatic carbocycles. The summed E-state index contributed by atoms with van der Waals surface area (Å²) >= 11 is 0. The SMILES string of the molecule is Cc1[nH]nc(C(=O)N(C)CC(=O)N(C)C)c1N. The van der Waals surface area contributed by atoms with Crippen molar-refractivity contribution in [3.63, 3.8) is 0 Å². The van der Waals surface area contributed by atoms with E-state index in [0.29, 0.717) is 11.4 Å². The lowest BCUT2D eigenvalue weighted by Crippen LogP contribution is -2.38. The van der Waals surface area contributed by atoms with Crippen LogP contribution in [0.2, 0.25) is 0 Å². The number of anilines is 1. The van der Waals surface area contributed by atoms with Crippen molar-refractivity contribution in [2.45, 2.75) is 6.92 Å². The minimum absolute atomic E-state index is 0.00280. The number of likely N-dealkylation sites (N-methyl/N-ethyl adjacent to an activating group) is 2. The molecule has 2 amide bonds. The summed E-state index contributed by atoms with van der Waals surface area (Å²) in [5.74, 6) is -0.534. The summed E-state index contributed by atoms with van der Waals surface area (Å²) in [4.78, 5) is 26.1. The summed E-state index contributed by atoms with van der Waals surface area (Å²) in [5.41, 5.74) is 6.80. The Hall–Kier alpha value is -2.05. The Labute approximate surface area is 99.6 Å². The molecule has 1 heterocycles. The number of aryl methyl sites for hydroxylation is 1. The molecule has 0 saturated carbocycles. The Morgan fingerprint density at radius 3 is 2.35 bits per heavy atom. The second kappa shape index (κ2) is 4.86. The summed E-state index contributed by atoms with van der Waals surface area (Å²) in [6, 6.07) is 0. The third-order valence-electron chi connectivity index (χ3n) is 2.42. The first-order valence-corrected chi connectivity index (χ1v) is 5.10. The maximum atomic E-state index is 11.9. The van der Waals surface area contributed by atoms with Gasteiger partial charge in [-0.25, -0.2) is 0 Å². The van der Waals surface area contributed by atoms with E-state index in [-0.39, 0.29) is 24.1 Å². The van der Waals surface area contributed by atoms with Gasteiger partial charge >= 0.3 is 0 Å². The number of nitrogens with one attached hydrogen (secondary N) is 1. The number of nitrogens with zero attached hydrogens (tertiary/aromatic N) is 3. The fraction of sp³-hybridized carbons (Fsp3) is 0.500. The monoisotopic (exact) mass is 239 g/mol. The average Bonchev–Trinajstić information content (AvgIpc) is 2.58. The van der Waals surface area contributed by atoms with Gasteiger partial charge in [0.25, 0.3) is 5.91 Å². The van der Waals surface area contributed by atoms with E-state index in [1.54, 1.807) is 21.0 Å². The first-order chi connectivity index (χ1) is 7.84. The van der Waals surface area contributed by atoms with Gasteiger partial charge in [-0.2, -0.15) is 5.10 Å². The highest BCUT2D eigenvalue weighted by Gasteiger charge is 2.21. The quantitative estimate of drug-likeness (QED) is 0.740. The number of hydrogen-bond acceptors (Lipinski definition) is 4. The second-order valence-corrected chi connectivity index (χ2v) is 4.06. The zero-order valence-corrected chi connectivity index (χ0v) is 10.4. The van der Waals surface area contributed by atoms with Crippen LogP contribution in [0.5, 0.6) is 0 Å². The molecule has 0 aromatic carbocycles. The average molecular weight is 239 g/mol. The van der Waals surface area contributed by atoms with E-state index in [9.17, 15) is 9.59 Å². The van der Waals surface area contributed by atoms with Gasteiger partial charge in [-0.1, -0.05) is 0 Å². The normalized spacial score (nSPS) is 10.1. The molecule has 1 rings (SSSR count). The van der Waals surface area contributed by atoms with Crippen molar-refractivity contribution in [1.29, 1.82) is 0 Å². The Morgan fingerprint density at radius 2 is 1.94 bits per heavy atom. The molecule has 0 spiro atoms.